The zero-order valence-electron chi connectivity index (χ0n) is 11.2. The van der Waals surface area contributed by atoms with Crippen LogP contribution in [-0.4, -0.2) is 28.1 Å². The number of imidazole rings is 1. The largest absolute Gasteiger partial charge is 0.329 e. The molecule has 0 aliphatic heterocycles. The molecule has 1 aliphatic rings. The summed E-state index contributed by atoms with van der Waals surface area (Å²) in [6, 6.07) is 0.620. The van der Waals surface area contributed by atoms with Crippen molar-refractivity contribution in [2.75, 3.05) is 13.3 Å². The lowest BCUT2D eigenvalue weighted by molar-refractivity contribution is 0.385. The zero-order valence-corrected chi connectivity index (χ0v) is 12.0. The van der Waals surface area contributed by atoms with Crippen LogP contribution >= 0.6 is 11.8 Å². The summed E-state index contributed by atoms with van der Waals surface area (Å²) in [6.45, 7) is 4.42. The second kappa shape index (κ2) is 5.02. The van der Waals surface area contributed by atoms with Gasteiger partial charge in [0.1, 0.15) is 0 Å². The van der Waals surface area contributed by atoms with Gasteiger partial charge in [-0.1, -0.05) is 6.42 Å². The van der Waals surface area contributed by atoms with Crippen molar-refractivity contribution in [1.29, 1.82) is 0 Å². The minimum absolute atomic E-state index is 0.0119. The van der Waals surface area contributed by atoms with E-state index in [0.717, 1.165) is 5.25 Å². The molecule has 0 amide bonds. The van der Waals surface area contributed by atoms with Gasteiger partial charge in [0, 0.05) is 11.3 Å². The molecule has 2 rings (SSSR count). The highest BCUT2D eigenvalue weighted by Gasteiger charge is 2.32. The Kier molecular flexibility index (Phi) is 3.83. The Bertz CT molecular complexity index is 372. The van der Waals surface area contributed by atoms with Crippen molar-refractivity contribution < 1.29 is 0 Å². The molecule has 1 heterocycles. The van der Waals surface area contributed by atoms with Gasteiger partial charge in [0.05, 0.1) is 23.8 Å². The van der Waals surface area contributed by atoms with Crippen molar-refractivity contribution in [2.45, 2.75) is 49.9 Å². The third-order valence-corrected chi connectivity index (χ3v) is 5.16. The maximum absolute atomic E-state index is 4.36. The number of rotatable bonds is 4. The van der Waals surface area contributed by atoms with E-state index >= 15 is 0 Å². The average molecular weight is 253 g/mol. The molecule has 17 heavy (non-hydrogen) atoms. The molecule has 0 bridgehead atoms. The summed E-state index contributed by atoms with van der Waals surface area (Å²) in [5.74, 6) is 0. The summed E-state index contributed by atoms with van der Waals surface area (Å²) >= 11 is 2.00. The lowest BCUT2D eigenvalue weighted by atomic mass is 10.0. The second-order valence-electron chi connectivity index (χ2n) is 5.33. The number of nitrogens with zero attached hydrogens (tertiary/aromatic N) is 2. The highest BCUT2D eigenvalue weighted by Crippen LogP contribution is 2.39. The van der Waals surface area contributed by atoms with Gasteiger partial charge in [-0.05, 0) is 40.0 Å². The maximum atomic E-state index is 4.36. The molecule has 1 aromatic heterocycles. The van der Waals surface area contributed by atoms with Gasteiger partial charge in [-0.2, -0.15) is 11.8 Å². The SMILES string of the molecule is CNC(C)(C)c1cncn1C1CCCC1SC. The van der Waals surface area contributed by atoms with Gasteiger partial charge in [-0.15, -0.1) is 0 Å². The molecular weight excluding hydrogens is 230 g/mol. The van der Waals surface area contributed by atoms with Gasteiger partial charge in [0.15, 0.2) is 0 Å². The third-order valence-electron chi connectivity index (χ3n) is 4.01. The van der Waals surface area contributed by atoms with E-state index in [2.05, 4.69) is 35.0 Å². The summed E-state index contributed by atoms with van der Waals surface area (Å²) in [6.07, 6.45) is 10.2. The lowest BCUT2D eigenvalue weighted by Crippen LogP contribution is -2.36. The Morgan fingerprint density at radius 3 is 2.88 bits per heavy atom. The predicted molar refractivity (Wildman–Crippen MR) is 74.5 cm³/mol. The quantitative estimate of drug-likeness (QED) is 0.895. The molecule has 1 N–H and O–H groups in total. The van der Waals surface area contributed by atoms with Crippen LogP contribution in [0, 0.1) is 0 Å². The standard InChI is InChI=1S/C13H23N3S/c1-13(2,14-3)12-8-15-9-16(12)10-6-5-7-11(10)17-4/h8-11,14H,5-7H2,1-4H3. The molecule has 96 valence electrons. The number of thioether (sulfide) groups is 1. The van der Waals surface area contributed by atoms with Gasteiger partial charge in [-0.25, -0.2) is 4.98 Å². The monoisotopic (exact) mass is 253 g/mol. The minimum atomic E-state index is -0.0119. The highest BCUT2D eigenvalue weighted by atomic mass is 32.2. The van der Waals surface area contributed by atoms with Crippen LogP contribution in [0.5, 0.6) is 0 Å². The van der Waals surface area contributed by atoms with E-state index in [1.54, 1.807) is 0 Å². The van der Waals surface area contributed by atoms with Crippen LogP contribution in [0.1, 0.15) is 44.8 Å². The van der Waals surface area contributed by atoms with Crippen molar-refractivity contribution >= 4 is 11.8 Å². The van der Waals surface area contributed by atoms with Crippen molar-refractivity contribution in [3.05, 3.63) is 18.2 Å². The molecule has 1 aliphatic carbocycles. The predicted octanol–water partition coefficient (Wildman–Crippen LogP) is 2.79. The Morgan fingerprint density at radius 2 is 2.24 bits per heavy atom. The summed E-state index contributed by atoms with van der Waals surface area (Å²) in [7, 11) is 2.01. The van der Waals surface area contributed by atoms with Crippen molar-refractivity contribution in [1.82, 2.24) is 14.9 Å². The molecule has 4 heteroatoms. The molecule has 2 atom stereocenters. The van der Waals surface area contributed by atoms with Crippen molar-refractivity contribution in [2.24, 2.45) is 0 Å². The Balaban J connectivity index is 2.30. The topological polar surface area (TPSA) is 29.9 Å². The molecule has 0 spiro atoms. The van der Waals surface area contributed by atoms with E-state index in [4.69, 9.17) is 0 Å². The first kappa shape index (κ1) is 13.0. The van der Waals surface area contributed by atoms with Gasteiger partial charge < -0.3 is 9.88 Å². The van der Waals surface area contributed by atoms with Gasteiger partial charge >= 0.3 is 0 Å². The molecular formula is C13H23N3S. The fraction of sp³-hybridized carbons (Fsp3) is 0.769. The molecule has 1 fully saturated rings. The highest BCUT2D eigenvalue weighted by molar-refractivity contribution is 7.99. The number of aromatic nitrogens is 2. The van der Waals surface area contributed by atoms with Crippen LogP contribution in [-0.2, 0) is 5.54 Å². The van der Waals surface area contributed by atoms with Crippen LogP contribution in [0.4, 0.5) is 0 Å². The minimum Gasteiger partial charge on any atom is -0.329 e. The lowest BCUT2D eigenvalue weighted by Gasteiger charge is -2.29. The van der Waals surface area contributed by atoms with E-state index in [-0.39, 0.29) is 5.54 Å². The number of hydrogen-bond donors (Lipinski definition) is 1. The van der Waals surface area contributed by atoms with Crippen LogP contribution < -0.4 is 5.32 Å². The average Bonchev–Trinajstić information content (AvgIpc) is 2.96. The van der Waals surface area contributed by atoms with Gasteiger partial charge in [0.25, 0.3) is 0 Å². The summed E-state index contributed by atoms with van der Waals surface area (Å²) in [5, 5.41) is 4.12. The van der Waals surface area contributed by atoms with Crippen LogP contribution in [0.3, 0.4) is 0 Å². The third kappa shape index (κ3) is 2.38. The van der Waals surface area contributed by atoms with E-state index in [1.165, 1.54) is 25.0 Å². The zero-order chi connectivity index (χ0) is 12.5. The fourth-order valence-corrected chi connectivity index (χ4v) is 3.66. The Hall–Kier alpha value is -0.480. The smallest absolute Gasteiger partial charge is 0.0951 e. The molecule has 1 aromatic rings. The van der Waals surface area contributed by atoms with E-state index in [0.29, 0.717) is 6.04 Å². The number of hydrogen-bond acceptors (Lipinski definition) is 3. The second-order valence-corrected chi connectivity index (χ2v) is 6.41. The number of nitrogens with one attached hydrogen (secondary N) is 1. The summed E-state index contributed by atoms with van der Waals surface area (Å²) in [4.78, 5) is 4.36. The van der Waals surface area contributed by atoms with E-state index < -0.39 is 0 Å². The van der Waals surface area contributed by atoms with Crippen LogP contribution in [0.25, 0.3) is 0 Å². The van der Waals surface area contributed by atoms with E-state index in [1.807, 2.05) is 31.3 Å². The first-order chi connectivity index (χ1) is 8.10. The maximum Gasteiger partial charge on any atom is 0.0951 e. The van der Waals surface area contributed by atoms with E-state index in [9.17, 15) is 0 Å². The van der Waals surface area contributed by atoms with Gasteiger partial charge in [-0.3, -0.25) is 0 Å². The Labute approximate surface area is 108 Å². The molecule has 0 aromatic carbocycles. The van der Waals surface area contributed by atoms with Crippen LogP contribution in [0.2, 0.25) is 0 Å². The molecule has 2 unspecified atom stereocenters. The normalized spacial score (nSPS) is 25.4. The fourth-order valence-electron chi connectivity index (χ4n) is 2.68. The summed E-state index contributed by atoms with van der Waals surface area (Å²) in [5.41, 5.74) is 1.29. The van der Waals surface area contributed by atoms with Crippen LogP contribution in [0.15, 0.2) is 12.5 Å². The molecule has 0 saturated heterocycles. The molecule has 1 saturated carbocycles. The van der Waals surface area contributed by atoms with Crippen molar-refractivity contribution in [3.63, 3.8) is 0 Å². The van der Waals surface area contributed by atoms with Crippen molar-refractivity contribution in [3.8, 4) is 0 Å². The first-order valence-electron chi connectivity index (χ1n) is 6.34. The van der Waals surface area contributed by atoms with Gasteiger partial charge in [0.2, 0.25) is 0 Å². The first-order valence-corrected chi connectivity index (χ1v) is 7.63. The molecule has 0 radical (unpaired) electrons. The molecule has 3 nitrogen and oxygen atoms in total. The summed E-state index contributed by atoms with van der Waals surface area (Å²) < 4.78 is 2.39. The Morgan fingerprint density at radius 1 is 1.47 bits per heavy atom.